The van der Waals surface area contributed by atoms with Gasteiger partial charge in [-0.2, -0.15) is 0 Å². The van der Waals surface area contributed by atoms with Crippen LogP contribution in [0.2, 0.25) is 0 Å². The Morgan fingerprint density at radius 3 is 2.64 bits per heavy atom. The molecule has 0 heterocycles. The molecule has 6 heteroatoms. The van der Waals surface area contributed by atoms with Crippen LogP contribution in [0.15, 0.2) is 36.4 Å². The number of hydrogen-bond acceptors (Lipinski definition) is 2. The van der Waals surface area contributed by atoms with Gasteiger partial charge in [-0.15, -0.1) is 0 Å². The van der Waals surface area contributed by atoms with Gasteiger partial charge < -0.3 is 10.1 Å². The van der Waals surface area contributed by atoms with Gasteiger partial charge in [0.2, 0.25) is 5.91 Å². The van der Waals surface area contributed by atoms with Crippen LogP contribution in [0.5, 0.6) is 5.75 Å². The lowest BCUT2D eigenvalue weighted by Crippen LogP contribution is -2.16. The highest BCUT2D eigenvalue weighted by Gasteiger charge is 2.15. The molecule has 0 spiro atoms. The summed E-state index contributed by atoms with van der Waals surface area (Å²) in [5.74, 6) is -4.29. The summed E-state index contributed by atoms with van der Waals surface area (Å²) in [7, 11) is 0. The molecule has 0 unspecified atom stereocenters. The van der Waals surface area contributed by atoms with E-state index >= 15 is 0 Å². The van der Waals surface area contributed by atoms with Crippen molar-refractivity contribution in [3.63, 3.8) is 0 Å². The third-order valence-corrected chi connectivity index (χ3v) is 2.90. The van der Waals surface area contributed by atoms with Gasteiger partial charge in [-0.1, -0.05) is 12.1 Å². The molecular formula is C16H14F3NO2. The van der Waals surface area contributed by atoms with Crippen LogP contribution in [0.25, 0.3) is 0 Å². The van der Waals surface area contributed by atoms with Gasteiger partial charge in [0.05, 0.1) is 18.7 Å². The molecule has 0 radical (unpaired) electrons. The summed E-state index contributed by atoms with van der Waals surface area (Å²) in [5.41, 5.74) is 0.616. The fourth-order valence-corrected chi connectivity index (χ4v) is 1.80. The van der Waals surface area contributed by atoms with E-state index in [1.165, 1.54) is 0 Å². The van der Waals surface area contributed by atoms with Gasteiger partial charge >= 0.3 is 0 Å². The van der Waals surface area contributed by atoms with E-state index in [-0.39, 0.29) is 13.0 Å². The van der Waals surface area contributed by atoms with E-state index in [2.05, 4.69) is 5.32 Å². The number of nitrogens with one attached hydrogen (secondary N) is 1. The highest BCUT2D eigenvalue weighted by molar-refractivity contribution is 5.90. The number of rotatable bonds is 5. The smallest absolute Gasteiger partial charge is 0.227 e. The molecule has 2 rings (SSSR count). The van der Waals surface area contributed by atoms with Crippen molar-refractivity contribution in [1.29, 1.82) is 0 Å². The second-order valence-electron chi connectivity index (χ2n) is 4.69. The monoisotopic (exact) mass is 309 g/mol. The summed E-state index contributed by atoms with van der Waals surface area (Å²) in [6.45, 7) is 1.99. The fraction of sp³-hybridized carbons (Fsp3) is 0.188. The molecule has 0 fully saturated rings. The Hall–Kier alpha value is -2.50. The Morgan fingerprint density at radius 1 is 1.14 bits per heavy atom. The Labute approximate surface area is 125 Å². The van der Waals surface area contributed by atoms with Crippen molar-refractivity contribution >= 4 is 11.6 Å². The first-order valence-corrected chi connectivity index (χ1v) is 6.60. The average Bonchev–Trinajstić information content (AvgIpc) is 2.48. The normalized spacial score (nSPS) is 10.4. The average molecular weight is 309 g/mol. The molecule has 0 saturated carbocycles. The van der Waals surface area contributed by atoms with Crippen molar-refractivity contribution < 1.29 is 22.7 Å². The zero-order valence-electron chi connectivity index (χ0n) is 11.8. The minimum absolute atomic E-state index is 0.0492. The number of benzene rings is 2. The van der Waals surface area contributed by atoms with E-state index in [9.17, 15) is 18.0 Å². The first-order chi connectivity index (χ1) is 10.5. The molecule has 1 N–H and O–H groups in total. The molecule has 0 bridgehead atoms. The Morgan fingerprint density at radius 2 is 1.91 bits per heavy atom. The highest BCUT2D eigenvalue weighted by atomic mass is 19.2. The molecule has 0 atom stereocenters. The maximum atomic E-state index is 13.4. The van der Waals surface area contributed by atoms with Crippen LogP contribution in [0.1, 0.15) is 12.0 Å². The lowest BCUT2D eigenvalue weighted by Gasteiger charge is -2.09. The maximum Gasteiger partial charge on any atom is 0.227 e. The first-order valence-electron chi connectivity index (χ1n) is 6.60. The Bertz CT molecular complexity index is 689. The van der Waals surface area contributed by atoms with Crippen LogP contribution >= 0.6 is 0 Å². The van der Waals surface area contributed by atoms with E-state index in [1.54, 1.807) is 6.07 Å². The molecule has 1 amide bonds. The topological polar surface area (TPSA) is 38.3 Å². The summed E-state index contributed by atoms with van der Waals surface area (Å²) in [4.78, 5) is 11.6. The van der Waals surface area contributed by atoms with Crippen molar-refractivity contribution in [2.24, 2.45) is 0 Å². The molecule has 22 heavy (non-hydrogen) atoms. The van der Waals surface area contributed by atoms with Crippen LogP contribution in [-0.2, 0) is 4.79 Å². The summed E-state index contributed by atoms with van der Waals surface area (Å²) in [5, 5.41) is 2.18. The predicted molar refractivity (Wildman–Crippen MR) is 76.2 cm³/mol. The van der Waals surface area contributed by atoms with Crippen molar-refractivity contribution in [3.05, 3.63) is 59.4 Å². The van der Waals surface area contributed by atoms with Gasteiger partial charge in [0.15, 0.2) is 17.5 Å². The number of halogens is 3. The van der Waals surface area contributed by atoms with Crippen LogP contribution in [-0.4, -0.2) is 12.5 Å². The quantitative estimate of drug-likeness (QED) is 0.853. The summed E-state index contributed by atoms with van der Waals surface area (Å²) < 4.78 is 44.6. The lowest BCUT2D eigenvalue weighted by molar-refractivity contribution is -0.116. The van der Waals surface area contributed by atoms with Gasteiger partial charge in [-0.3, -0.25) is 4.79 Å². The third-order valence-electron chi connectivity index (χ3n) is 2.90. The number of carbonyl (C=O) groups excluding carboxylic acids is 1. The van der Waals surface area contributed by atoms with Crippen LogP contribution < -0.4 is 10.1 Å². The number of hydrogen-bond donors (Lipinski definition) is 1. The molecule has 0 aliphatic heterocycles. The summed E-state index contributed by atoms with van der Waals surface area (Å²) in [6, 6.07) is 9.00. The lowest BCUT2D eigenvalue weighted by atomic mass is 10.2. The number of amides is 1. The molecular weight excluding hydrogens is 295 g/mol. The van der Waals surface area contributed by atoms with Gasteiger partial charge in [0.25, 0.3) is 0 Å². The number of ether oxygens (including phenoxy) is 1. The third kappa shape index (κ3) is 4.00. The molecule has 2 aromatic rings. The SMILES string of the molecule is Cc1cccc(OCCC(=O)Nc2ccc(F)c(F)c2F)c1. The van der Waals surface area contributed by atoms with E-state index in [0.29, 0.717) is 5.75 Å². The van der Waals surface area contributed by atoms with Crippen molar-refractivity contribution in [2.45, 2.75) is 13.3 Å². The minimum Gasteiger partial charge on any atom is -0.493 e. The number of aryl methyl sites for hydroxylation is 1. The Kier molecular flexibility index (Phi) is 5.04. The number of carbonyl (C=O) groups is 1. The summed E-state index contributed by atoms with van der Waals surface area (Å²) >= 11 is 0. The molecule has 0 aliphatic rings. The molecule has 116 valence electrons. The second kappa shape index (κ2) is 6.98. The standard InChI is InChI=1S/C16H14F3NO2/c1-10-3-2-4-11(9-10)22-8-7-14(21)20-13-6-5-12(17)15(18)16(13)19/h2-6,9H,7-8H2,1H3,(H,20,21). The predicted octanol–water partition coefficient (Wildman–Crippen LogP) is 3.82. The molecule has 0 aromatic heterocycles. The highest BCUT2D eigenvalue weighted by Crippen LogP contribution is 2.19. The molecule has 3 nitrogen and oxygen atoms in total. The zero-order valence-corrected chi connectivity index (χ0v) is 11.8. The van der Waals surface area contributed by atoms with Gasteiger partial charge in [-0.05, 0) is 36.8 Å². The minimum atomic E-state index is -1.62. The first kappa shape index (κ1) is 15.9. The molecule has 0 aliphatic carbocycles. The van der Waals surface area contributed by atoms with Gasteiger partial charge in [0.1, 0.15) is 5.75 Å². The van der Waals surface area contributed by atoms with E-state index in [1.807, 2.05) is 25.1 Å². The second-order valence-corrected chi connectivity index (χ2v) is 4.69. The zero-order chi connectivity index (χ0) is 16.1. The molecule has 0 saturated heterocycles. The van der Waals surface area contributed by atoms with Crippen LogP contribution in [0, 0.1) is 24.4 Å². The van der Waals surface area contributed by atoms with Crippen molar-refractivity contribution in [2.75, 3.05) is 11.9 Å². The van der Waals surface area contributed by atoms with E-state index in [0.717, 1.165) is 17.7 Å². The van der Waals surface area contributed by atoms with Gasteiger partial charge in [0, 0.05) is 0 Å². The van der Waals surface area contributed by atoms with Crippen LogP contribution in [0.4, 0.5) is 18.9 Å². The van der Waals surface area contributed by atoms with Crippen molar-refractivity contribution in [1.82, 2.24) is 0 Å². The Balaban J connectivity index is 1.87. The number of anilines is 1. The van der Waals surface area contributed by atoms with E-state index < -0.39 is 29.0 Å². The van der Waals surface area contributed by atoms with Crippen molar-refractivity contribution in [3.8, 4) is 5.75 Å². The fourth-order valence-electron chi connectivity index (χ4n) is 1.80. The molecule has 2 aromatic carbocycles. The summed E-state index contributed by atoms with van der Waals surface area (Å²) in [6.07, 6.45) is -0.0492. The van der Waals surface area contributed by atoms with Crippen LogP contribution in [0.3, 0.4) is 0 Å². The maximum absolute atomic E-state index is 13.4. The van der Waals surface area contributed by atoms with Gasteiger partial charge in [-0.25, -0.2) is 13.2 Å². The largest absolute Gasteiger partial charge is 0.493 e. The van der Waals surface area contributed by atoms with E-state index in [4.69, 9.17) is 4.74 Å².